The van der Waals surface area contributed by atoms with Gasteiger partial charge in [-0.2, -0.15) is 8.75 Å². The molecule has 0 saturated heterocycles. The van der Waals surface area contributed by atoms with E-state index in [1.807, 2.05) is 6.07 Å². The van der Waals surface area contributed by atoms with Crippen molar-refractivity contribution in [2.24, 2.45) is 0 Å². The number of nitrogens with zero attached hydrogens (tertiary/aromatic N) is 3. The van der Waals surface area contributed by atoms with Gasteiger partial charge in [0.1, 0.15) is 11.0 Å². The minimum absolute atomic E-state index is 0.108. The maximum atomic E-state index is 11.8. The van der Waals surface area contributed by atoms with Crippen LogP contribution in [-0.4, -0.2) is 24.8 Å². The van der Waals surface area contributed by atoms with Crippen LogP contribution in [0.1, 0.15) is 18.7 Å². The van der Waals surface area contributed by atoms with Crippen molar-refractivity contribution in [1.29, 1.82) is 0 Å². The number of aromatic amines is 1. The Morgan fingerprint density at radius 2 is 2.19 bits per heavy atom. The lowest BCUT2D eigenvalue weighted by atomic mass is 10.2. The van der Waals surface area contributed by atoms with Crippen molar-refractivity contribution in [3.8, 4) is 0 Å². The van der Waals surface area contributed by atoms with E-state index in [9.17, 15) is 9.59 Å². The highest BCUT2D eigenvalue weighted by Gasteiger charge is 2.06. The van der Waals surface area contributed by atoms with Gasteiger partial charge >= 0.3 is 5.76 Å². The van der Waals surface area contributed by atoms with Crippen LogP contribution in [0, 0.1) is 0 Å². The summed E-state index contributed by atoms with van der Waals surface area (Å²) in [5.41, 5.74) is 2.26. The first-order valence-corrected chi connectivity index (χ1v) is 7.01. The molecule has 8 nitrogen and oxygen atoms in total. The number of nitrogens with one attached hydrogen (secondary N) is 2. The lowest BCUT2D eigenvalue weighted by molar-refractivity contribution is -0.116. The van der Waals surface area contributed by atoms with Gasteiger partial charge in [-0.05, 0) is 24.6 Å². The van der Waals surface area contributed by atoms with Crippen LogP contribution in [0.4, 0.5) is 5.69 Å². The molecule has 1 aromatic carbocycles. The molecule has 0 atom stereocenters. The second-order valence-corrected chi connectivity index (χ2v) is 4.94. The fourth-order valence-corrected chi connectivity index (χ4v) is 2.39. The molecule has 0 bridgehead atoms. The van der Waals surface area contributed by atoms with E-state index in [0.29, 0.717) is 30.8 Å². The number of aryl methyl sites for hydroxylation is 1. The summed E-state index contributed by atoms with van der Waals surface area (Å²) in [4.78, 5) is 25.0. The van der Waals surface area contributed by atoms with Crippen molar-refractivity contribution in [1.82, 2.24) is 18.9 Å². The smallest absolute Gasteiger partial charge is 0.326 e. The molecule has 0 unspecified atom stereocenters. The van der Waals surface area contributed by atoms with Gasteiger partial charge in [0.25, 0.3) is 0 Å². The Hall–Kier alpha value is -2.55. The molecule has 108 valence electrons. The number of benzene rings is 1. The highest BCUT2D eigenvalue weighted by Crippen LogP contribution is 2.17. The predicted molar refractivity (Wildman–Crippen MR) is 76.1 cm³/mol. The molecule has 2 aromatic heterocycles. The summed E-state index contributed by atoms with van der Waals surface area (Å²) in [6, 6.07) is 5.39. The largest absolute Gasteiger partial charge is 0.438 e. The Kier molecular flexibility index (Phi) is 3.73. The van der Waals surface area contributed by atoms with E-state index in [-0.39, 0.29) is 5.91 Å². The average Bonchev–Trinajstić information content (AvgIpc) is 3.07. The molecule has 1 amide bonds. The lowest BCUT2D eigenvalue weighted by Crippen LogP contribution is -2.11. The summed E-state index contributed by atoms with van der Waals surface area (Å²) in [5.74, 6) is -0.245. The van der Waals surface area contributed by atoms with Crippen LogP contribution in [0.25, 0.3) is 11.0 Å². The second-order valence-electron chi connectivity index (χ2n) is 4.41. The Labute approximate surface area is 122 Å². The number of hydrogen-bond acceptors (Lipinski definition) is 7. The highest BCUT2D eigenvalue weighted by atomic mass is 32.1. The molecule has 0 radical (unpaired) electrons. The van der Waals surface area contributed by atoms with E-state index < -0.39 is 5.76 Å². The number of H-pyrrole nitrogens is 1. The summed E-state index contributed by atoms with van der Waals surface area (Å²) < 4.78 is 12.6. The first kappa shape index (κ1) is 13.4. The normalized spacial score (nSPS) is 10.9. The van der Waals surface area contributed by atoms with Gasteiger partial charge in [-0.1, -0.05) is 5.16 Å². The molecule has 0 aliphatic carbocycles. The van der Waals surface area contributed by atoms with Crippen LogP contribution >= 0.6 is 11.7 Å². The number of aromatic nitrogens is 4. The molecule has 0 aliphatic heterocycles. The number of carbonyl (C=O) groups excluding carboxylic acids is 1. The number of amides is 1. The number of rotatable bonds is 5. The van der Waals surface area contributed by atoms with Crippen LogP contribution < -0.4 is 11.1 Å². The van der Waals surface area contributed by atoms with Gasteiger partial charge in [0.15, 0.2) is 5.82 Å². The van der Waals surface area contributed by atoms with Crippen molar-refractivity contribution in [2.45, 2.75) is 19.3 Å². The Morgan fingerprint density at radius 1 is 1.33 bits per heavy atom. The van der Waals surface area contributed by atoms with Crippen LogP contribution in [0.3, 0.4) is 0 Å². The summed E-state index contributed by atoms with van der Waals surface area (Å²) in [5, 5.41) is 6.33. The topological polar surface area (TPSA) is 114 Å². The van der Waals surface area contributed by atoms with E-state index in [1.54, 1.807) is 12.1 Å². The number of carbonyl (C=O) groups is 1. The molecule has 0 fully saturated rings. The molecular weight excluding hydrogens is 294 g/mol. The first-order valence-electron chi connectivity index (χ1n) is 6.28. The molecule has 3 rings (SSSR count). The van der Waals surface area contributed by atoms with Crippen molar-refractivity contribution in [3.63, 3.8) is 0 Å². The van der Waals surface area contributed by atoms with Crippen LogP contribution in [-0.2, 0) is 11.2 Å². The fourth-order valence-electron chi connectivity index (χ4n) is 1.87. The monoisotopic (exact) mass is 305 g/mol. The fraction of sp³-hybridized carbons (Fsp3) is 0.250. The third-order valence-corrected chi connectivity index (χ3v) is 3.40. The van der Waals surface area contributed by atoms with Crippen molar-refractivity contribution in [2.75, 3.05) is 5.32 Å². The first-order chi connectivity index (χ1) is 10.2. The molecule has 0 saturated carbocycles. The minimum Gasteiger partial charge on any atom is -0.326 e. The van der Waals surface area contributed by atoms with E-state index in [0.717, 1.165) is 22.8 Å². The Bertz CT molecular complexity index is 821. The zero-order chi connectivity index (χ0) is 14.7. The number of hydrogen-bond donors (Lipinski definition) is 2. The van der Waals surface area contributed by atoms with E-state index in [1.165, 1.54) is 0 Å². The SMILES string of the molecule is O=C(CCCc1noc(=O)[nH]1)Nc1ccc2nsnc2c1. The van der Waals surface area contributed by atoms with Crippen molar-refractivity contribution in [3.05, 3.63) is 34.6 Å². The van der Waals surface area contributed by atoms with E-state index in [2.05, 4.69) is 28.7 Å². The molecule has 0 aliphatic rings. The van der Waals surface area contributed by atoms with E-state index in [4.69, 9.17) is 0 Å². The summed E-state index contributed by atoms with van der Waals surface area (Å²) in [7, 11) is 0. The quantitative estimate of drug-likeness (QED) is 0.735. The molecular formula is C12H11N5O3S. The van der Waals surface area contributed by atoms with Gasteiger partial charge in [0.05, 0.1) is 11.7 Å². The summed E-state index contributed by atoms with van der Waals surface area (Å²) in [6.45, 7) is 0. The molecule has 9 heteroatoms. The third kappa shape index (κ3) is 3.31. The summed E-state index contributed by atoms with van der Waals surface area (Å²) >= 11 is 1.14. The summed E-state index contributed by atoms with van der Waals surface area (Å²) in [6.07, 6.45) is 1.37. The minimum atomic E-state index is -0.584. The maximum Gasteiger partial charge on any atom is 0.438 e. The molecule has 2 heterocycles. The van der Waals surface area contributed by atoms with E-state index >= 15 is 0 Å². The zero-order valence-electron chi connectivity index (χ0n) is 10.8. The Balaban J connectivity index is 1.52. The second kappa shape index (κ2) is 5.83. The predicted octanol–water partition coefficient (Wildman–Crippen LogP) is 1.33. The van der Waals surface area contributed by atoms with Gasteiger partial charge in [0.2, 0.25) is 5.91 Å². The highest BCUT2D eigenvalue weighted by molar-refractivity contribution is 7.00. The van der Waals surface area contributed by atoms with Gasteiger partial charge in [-0.15, -0.1) is 0 Å². The lowest BCUT2D eigenvalue weighted by Gasteiger charge is -2.04. The van der Waals surface area contributed by atoms with Crippen molar-refractivity contribution < 1.29 is 9.32 Å². The number of fused-ring (bicyclic) bond motifs is 1. The van der Waals surface area contributed by atoms with Gasteiger partial charge in [0, 0.05) is 18.5 Å². The molecule has 2 N–H and O–H groups in total. The Morgan fingerprint density at radius 3 is 3.00 bits per heavy atom. The van der Waals surface area contributed by atoms with Crippen LogP contribution in [0.2, 0.25) is 0 Å². The molecule has 21 heavy (non-hydrogen) atoms. The molecule has 3 aromatic rings. The van der Waals surface area contributed by atoms with Gasteiger partial charge in [-0.3, -0.25) is 14.3 Å². The van der Waals surface area contributed by atoms with Crippen molar-refractivity contribution >= 4 is 34.4 Å². The number of anilines is 1. The van der Waals surface area contributed by atoms with Gasteiger partial charge in [-0.25, -0.2) is 4.79 Å². The zero-order valence-corrected chi connectivity index (χ0v) is 11.6. The third-order valence-electron chi connectivity index (χ3n) is 2.84. The molecule has 0 spiro atoms. The van der Waals surface area contributed by atoms with Crippen LogP contribution in [0.5, 0.6) is 0 Å². The van der Waals surface area contributed by atoms with Gasteiger partial charge < -0.3 is 5.32 Å². The standard InChI is InChI=1S/C12H11N5O3S/c18-11(3-1-2-10-14-12(19)20-15-10)13-7-4-5-8-9(6-7)17-21-16-8/h4-6H,1-3H2,(H,13,18)(H,14,15,19). The average molecular weight is 305 g/mol. The van der Waals surface area contributed by atoms with Crippen LogP contribution in [0.15, 0.2) is 27.5 Å². The maximum absolute atomic E-state index is 11.8.